The molecular weight excluding hydrogens is 279 g/mol. The largest absolute Gasteiger partial charge is 0.491 e. The third-order valence-corrected chi connectivity index (χ3v) is 4.21. The zero-order valence-electron chi connectivity index (χ0n) is 12.2. The summed E-state index contributed by atoms with van der Waals surface area (Å²) in [4.78, 5) is 9.85. The number of methoxy groups -OCH3 is 1. The van der Waals surface area contributed by atoms with E-state index in [9.17, 15) is 9.46 Å². The van der Waals surface area contributed by atoms with Crippen LogP contribution in [0.3, 0.4) is 0 Å². The van der Waals surface area contributed by atoms with Crippen LogP contribution in [-0.2, 0) is 20.0 Å². The fourth-order valence-electron chi connectivity index (χ4n) is 1.60. The van der Waals surface area contributed by atoms with Crippen LogP contribution in [0.1, 0.15) is 25.8 Å². The third kappa shape index (κ3) is 6.53. The van der Waals surface area contributed by atoms with Crippen molar-refractivity contribution in [2.75, 3.05) is 20.3 Å². The predicted molar refractivity (Wildman–Crippen MR) is 78.2 cm³/mol. The van der Waals surface area contributed by atoms with Gasteiger partial charge in [0.1, 0.15) is 12.4 Å². The molecule has 0 amide bonds. The van der Waals surface area contributed by atoms with E-state index in [-0.39, 0.29) is 12.3 Å². The molecule has 0 aliphatic heterocycles. The molecule has 5 nitrogen and oxygen atoms in total. The van der Waals surface area contributed by atoms with E-state index in [4.69, 9.17) is 14.0 Å². The van der Waals surface area contributed by atoms with Crippen LogP contribution in [0.15, 0.2) is 24.3 Å². The lowest BCUT2D eigenvalue weighted by atomic mass is 10.2. The summed E-state index contributed by atoms with van der Waals surface area (Å²) < 4.78 is 27.5. The Kier molecular flexibility index (Phi) is 7.24. The molecule has 0 aliphatic rings. The van der Waals surface area contributed by atoms with Gasteiger partial charge in [-0.3, -0.25) is 4.57 Å². The molecule has 0 saturated heterocycles. The summed E-state index contributed by atoms with van der Waals surface area (Å²) in [5.74, 6) is 0.656. The van der Waals surface area contributed by atoms with Gasteiger partial charge in [-0.25, -0.2) is 0 Å². The Bertz CT molecular complexity index is 449. The highest BCUT2D eigenvalue weighted by atomic mass is 31.2. The van der Waals surface area contributed by atoms with Gasteiger partial charge in [-0.05, 0) is 31.0 Å². The van der Waals surface area contributed by atoms with Crippen LogP contribution >= 0.6 is 7.60 Å². The van der Waals surface area contributed by atoms with Crippen molar-refractivity contribution in [3.05, 3.63) is 29.8 Å². The maximum absolute atomic E-state index is 12.0. The fraction of sp³-hybridized carbons (Fsp3) is 0.571. The number of hydrogen-bond acceptors (Lipinski definition) is 4. The van der Waals surface area contributed by atoms with E-state index in [1.165, 1.54) is 0 Å². The van der Waals surface area contributed by atoms with E-state index in [1.807, 2.05) is 6.92 Å². The molecule has 0 fully saturated rings. The van der Waals surface area contributed by atoms with Gasteiger partial charge >= 0.3 is 7.60 Å². The van der Waals surface area contributed by atoms with Crippen LogP contribution in [0.2, 0.25) is 0 Å². The molecule has 1 aromatic carbocycles. The molecule has 0 radical (unpaired) electrons. The van der Waals surface area contributed by atoms with E-state index in [0.29, 0.717) is 30.9 Å². The quantitative estimate of drug-likeness (QED) is 0.560. The fourth-order valence-corrected chi connectivity index (χ4v) is 3.04. The van der Waals surface area contributed by atoms with E-state index >= 15 is 0 Å². The summed E-state index contributed by atoms with van der Waals surface area (Å²) in [6.07, 6.45) is 0.454. The third-order valence-electron chi connectivity index (χ3n) is 2.76. The summed E-state index contributed by atoms with van der Waals surface area (Å²) in [5.41, 5.74) is 0.717. The van der Waals surface area contributed by atoms with Gasteiger partial charge in [0.25, 0.3) is 0 Å². The van der Waals surface area contributed by atoms with Gasteiger partial charge in [-0.15, -0.1) is 0 Å². The van der Waals surface area contributed by atoms with Crippen LogP contribution < -0.4 is 4.74 Å². The van der Waals surface area contributed by atoms with Crippen LogP contribution in [0.4, 0.5) is 0 Å². The van der Waals surface area contributed by atoms with Crippen molar-refractivity contribution in [1.29, 1.82) is 0 Å². The minimum absolute atomic E-state index is 0.0151. The van der Waals surface area contributed by atoms with Crippen molar-refractivity contribution < 1.29 is 23.5 Å². The van der Waals surface area contributed by atoms with Crippen molar-refractivity contribution in [1.82, 2.24) is 0 Å². The second kappa shape index (κ2) is 8.42. The van der Waals surface area contributed by atoms with Crippen molar-refractivity contribution in [3.8, 4) is 5.75 Å². The smallest absolute Gasteiger partial charge is 0.332 e. The maximum Gasteiger partial charge on any atom is 0.332 e. The first-order valence-electron chi connectivity index (χ1n) is 6.67. The molecule has 6 heteroatoms. The van der Waals surface area contributed by atoms with Gasteiger partial charge in [-0.1, -0.05) is 19.1 Å². The Labute approximate surface area is 120 Å². The highest BCUT2D eigenvalue weighted by Crippen LogP contribution is 2.47. The molecular formula is C14H23O5P. The van der Waals surface area contributed by atoms with Gasteiger partial charge in [0, 0.05) is 7.11 Å². The number of hydrogen-bond donors (Lipinski definition) is 1. The second-order valence-corrected chi connectivity index (χ2v) is 6.41. The normalized spacial score (nSPS) is 15.6. The van der Waals surface area contributed by atoms with Crippen molar-refractivity contribution in [3.63, 3.8) is 0 Å². The molecule has 2 unspecified atom stereocenters. The highest BCUT2D eigenvalue weighted by molar-refractivity contribution is 7.51. The first-order valence-corrected chi connectivity index (χ1v) is 8.44. The van der Waals surface area contributed by atoms with Crippen molar-refractivity contribution in [2.45, 2.75) is 32.5 Å². The summed E-state index contributed by atoms with van der Waals surface area (Å²) in [7, 11) is -2.01. The molecule has 2 atom stereocenters. The molecule has 0 bridgehead atoms. The predicted octanol–water partition coefficient (Wildman–Crippen LogP) is 3.21. The zero-order chi connectivity index (χ0) is 15.0. The Morgan fingerprint density at radius 2 is 2.10 bits per heavy atom. The average molecular weight is 302 g/mol. The molecule has 0 spiro atoms. The Morgan fingerprint density at radius 3 is 2.75 bits per heavy atom. The summed E-state index contributed by atoms with van der Waals surface area (Å²) in [5, 5.41) is 0. The molecule has 20 heavy (non-hydrogen) atoms. The molecule has 1 aromatic rings. The van der Waals surface area contributed by atoms with Crippen LogP contribution in [0, 0.1) is 0 Å². The monoisotopic (exact) mass is 302 g/mol. The Hall–Kier alpha value is -0.870. The maximum atomic E-state index is 12.0. The van der Waals surface area contributed by atoms with Gasteiger partial charge in [-0.2, -0.15) is 0 Å². The van der Waals surface area contributed by atoms with Gasteiger partial charge < -0.3 is 18.9 Å². The summed E-state index contributed by atoms with van der Waals surface area (Å²) >= 11 is 0. The van der Waals surface area contributed by atoms with E-state index in [0.717, 1.165) is 0 Å². The highest BCUT2D eigenvalue weighted by Gasteiger charge is 2.22. The van der Waals surface area contributed by atoms with Gasteiger partial charge in [0.15, 0.2) is 0 Å². The van der Waals surface area contributed by atoms with Crippen LogP contribution in [0.5, 0.6) is 5.75 Å². The lowest BCUT2D eigenvalue weighted by molar-refractivity contribution is 0.146. The Balaban J connectivity index is 2.63. The van der Waals surface area contributed by atoms with E-state index < -0.39 is 7.60 Å². The van der Waals surface area contributed by atoms with Crippen LogP contribution in [-0.4, -0.2) is 31.3 Å². The molecule has 1 N–H and O–H groups in total. The zero-order valence-corrected chi connectivity index (χ0v) is 13.1. The van der Waals surface area contributed by atoms with Crippen molar-refractivity contribution in [2.24, 2.45) is 0 Å². The molecule has 0 heterocycles. The van der Waals surface area contributed by atoms with Gasteiger partial charge in [0.05, 0.1) is 18.9 Å². The topological polar surface area (TPSA) is 65.0 Å². The molecule has 114 valence electrons. The van der Waals surface area contributed by atoms with Crippen LogP contribution in [0.25, 0.3) is 0 Å². The molecule has 1 rings (SSSR count). The van der Waals surface area contributed by atoms with Gasteiger partial charge in [0.2, 0.25) is 0 Å². The number of benzene rings is 1. The summed E-state index contributed by atoms with van der Waals surface area (Å²) in [6, 6.07) is 7.13. The van der Waals surface area contributed by atoms with E-state index in [1.54, 1.807) is 38.3 Å². The lowest BCUT2D eigenvalue weighted by Gasteiger charge is -2.17. The molecule has 0 aromatic heterocycles. The first kappa shape index (κ1) is 17.2. The number of rotatable bonds is 9. The minimum atomic E-state index is -3.62. The lowest BCUT2D eigenvalue weighted by Crippen LogP contribution is -2.06. The number of ether oxygens (including phenoxy) is 2. The summed E-state index contributed by atoms with van der Waals surface area (Å²) in [6.45, 7) is 4.64. The standard InChI is InChI=1S/C14H23O5P/c1-4-12(2)19-20(15,16)11-13-6-5-7-14(10-13)18-9-8-17-3/h5-7,10,12H,4,8-9,11H2,1-3H3,(H,15,16). The second-order valence-electron chi connectivity index (χ2n) is 4.61. The minimum Gasteiger partial charge on any atom is -0.491 e. The molecule has 0 aliphatic carbocycles. The average Bonchev–Trinajstić information content (AvgIpc) is 2.38. The van der Waals surface area contributed by atoms with Crippen molar-refractivity contribution >= 4 is 7.60 Å². The Morgan fingerprint density at radius 1 is 1.35 bits per heavy atom. The SMILES string of the molecule is CCC(C)OP(=O)(O)Cc1cccc(OCCOC)c1. The first-order chi connectivity index (χ1) is 9.46. The molecule has 0 saturated carbocycles. The van der Waals surface area contributed by atoms with E-state index in [2.05, 4.69) is 0 Å².